The van der Waals surface area contributed by atoms with Gasteiger partial charge in [-0.1, -0.05) is 42.5 Å². The molecule has 3 amide bonds. The summed E-state index contributed by atoms with van der Waals surface area (Å²) in [4.78, 5) is 36.1. The number of benzene rings is 2. The van der Waals surface area contributed by atoms with Crippen LogP contribution >= 0.6 is 0 Å². The highest BCUT2D eigenvalue weighted by Gasteiger charge is 2.21. The van der Waals surface area contributed by atoms with E-state index < -0.39 is 24.0 Å². The number of carbonyl (C=O) groups excluding carboxylic acids is 3. The molecule has 1 atom stereocenters. The molecule has 0 aliphatic heterocycles. The van der Waals surface area contributed by atoms with Gasteiger partial charge < -0.3 is 14.5 Å². The molecule has 0 saturated heterocycles. The molecule has 7 heteroatoms. The number of amides is 3. The summed E-state index contributed by atoms with van der Waals surface area (Å²) in [6, 6.07) is 14.3. The maximum atomic E-state index is 12.2. The summed E-state index contributed by atoms with van der Waals surface area (Å²) in [6.45, 7) is 3.64. The molecular weight excluding hydrogens is 372 g/mol. The van der Waals surface area contributed by atoms with Crippen molar-refractivity contribution in [3.05, 3.63) is 71.5 Å². The minimum absolute atomic E-state index is 0.0338. The van der Waals surface area contributed by atoms with Crippen molar-refractivity contribution in [2.24, 2.45) is 0 Å². The van der Waals surface area contributed by atoms with Crippen molar-refractivity contribution in [1.82, 2.24) is 10.6 Å². The van der Waals surface area contributed by atoms with Crippen LogP contribution in [0.3, 0.4) is 0 Å². The van der Waals surface area contributed by atoms with E-state index in [0.717, 1.165) is 16.5 Å². The van der Waals surface area contributed by atoms with Crippen molar-refractivity contribution in [2.45, 2.75) is 32.9 Å². The molecule has 1 aromatic heterocycles. The summed E-state index contributed by atoms with van der Waals surface area (Å²) < 4.78 is 10.6. The fourth-order valence-corrected chi connectivity index (χ4v) is 2.81. The maximum Gasteiger partial charge on any atom is 0.321 e. The summed E-state index contributed by atoms with van der Waals surface area (Å²) in [5, 5.41) is 5.56. The van der Waals surface area contributed by atoms with Crippen molar-refractivity contribution >= 4 is 28.9 Å². The van der Waals surface area contributed by atoms with E-state index in [1.807, 2.05) is 55.5 Å². The van der Waals surface area contributed by atoms with Crippen molar-refractivity contribution in [1.29, 1.82) is 0 Å². The molecule has 29 heavy (non-hydrogen) atoms. The first-order chi connectivity index (χ1) is 13.9. The Hall–Kier alpha value is -3.61. The van der Waals surface area contributed by atoms with Crippen molar-refractivity contribution in [3.8, 4) is 0 Å². The van der Waals surface area contributed by atoms with Crippen LogP contribution in [0.4, 0.5) is 4.79 Å². The zero-order valence-corrected chi connectivity index (χ0v) is 16.2. The number of aryl methyl sites for hydroxylation is 1. The number of urea groups is 1. The Kier molecular flexibility index (Phi) is 6.29. The molecule has 2 aromatic carbocycles. The lowest BCUT2D eigenvalue weighted by molar-refractivity contribution is -0.153. The zero-order valence-electron chi connectivity index (χ0n) is 16.2. The Labute approximate surface area is 168 Å². The summed E-state index contributed by atoms with van der Waals surface area (Å²) in [7, 11) is 0. The lowest BCUT2D eigenvalue weighted by Crippen LogP contribution is -2.44. The third kappa shape index (κ3) is 5.44. The number of nitrogens with one attached hydrogen (secondary N) is 2. The number of esters is 1. The topological polar surface area (TPSA) is 97.6 Å². The number of rotatable bonds is 6. The molecule has 0 unspecified atom stereocenters. The molecule has 0 radical (unpaired) electrons. The van der Waals surface area contributed by atoms with E-state index in [4.69, 9.17) is 9.15 Å². The second-order valence-corrected chi connectivity index (χ2v) is 6.73. The van der Waals surface area contributed by atoms with Gasteiger partial charge in [0, 0.05) is 17.5 Å². The molecular formula is C22H22N2O5. The normalized spacial score (nSPS) is 11.7. The molecule has 0 aliphatic carbocycles. The van der Waals surface area contributed by atoms with Gasteiger partial charge in [0.25, 0.3) is 5.91 Å². The molecule has 3 aromatic rings. The molecule has 0 spiro atoms. The standard InChI is InChI=1S/C22H22N2O5/c1-14-8-9-18-17(13-28-19(18)10-14)11-20(25)29-15(2)21(26)24-22(27)23-12-16-6-4-3-5-7-16/h3-10,13,15H,11-12H2,1-2H3,(H2,23,24,26,27)/t15-/m0/s1. The van der Waals surface area contributed by atoms with Gasteiger partial charge in [0.1, 0.15) is 5.58 Å². The van der Waals surface area contributed by atoms with Crippen LogP contribution < -0.4 is 10.6 Å². The van der Waals surface area contributed by atoms with Crippen LogP contribution in [0.2, 0.25) is 0 Å². The second kappa shape index (κ2) is 9.05. The van der Waals surface area contributed by atoms with Gasteiger partial charge in [-0.3, -0.25) is 14.9 Å². The SMILES string of the molecule is Cc1ccc2c(CC(=O)O[C@@H](C)C(=O)NC(=O)NCc3ccccc3)coc2c1. The Morgan fingerprint density at radius 2 is 1.86 bits per heavy atom. The van der Waals surface area contributed by atoms with E-state index in [1.165, 1.54) is 13.2 Å². The van der Waals surface area contributed by atoms with Crippen LogP contribution in [0.5, 0.6) is 0 Å². The number of hydrogen-bond acceptors (Lipinski definition) is 5. The highest BCUT2D eigenvalue weighted by molar-refractivity contribution is 5.97. The van der Waals surface area contributed by atoms with Crippen LogP contribution in [0, 0.1) is 6.92 Å². The number of ether oxygens (including phenoxy) is 1. The van der Waals surface area contributed by atoms with E-state index in [-0.39, 0.29) is 13.0 Å². The minimum Gasteiger partial charge on any atom is -0.464 e. The number of fused-ring (bicyclic) bond motifs is 1. The lowest BCUT2D eigenvalue weighted by atomic mass is 10.1. The van der Waals surface area contributed by atoms with E-state index in [0.29, 0.717) is 11.1 Å². The van der Waals surface area contributed by atoms with Gasteiger partial charge in [-0.15, -0.1) is 0 Å². The van der Waals surface area contributed by atoms with E-state index in [9.17, 15) is 14.4 Å². The molecule has 0 bridgehead atoms. The van der Waals surface area contributed by atoms with Gasteiger partial charge in [0.2, 0.25) is 0 Å². The Morgan fingerprint density at radius 1 is 1.10 bits per heavy atom. The molecule has 1 heterocycles. The number of imide groups is 1. The van der Waals surface area contributed by atoms with Crippen LogP contribution in [0.1, 0.15) is 23.6 Å². The molecule has 150 valence electrons. The molecule has 0 aliphatic rings. The van der Waals surface area contributed by atoms with Crippen LogP contribution in [0.25, 0.3) is 11.0 Å². The summed E-state index contributed by atoms with van der Waals surface area (Å²) in [6.07, 6.45) is 0.367. The van der Waals surface area contributed by atoms with Crippen molar-refractivity contribution in [3.63, 3.8) is 0 Å². The highest BCUT2D eigenvalue weighted by atomic mass is 16.5. The smallest absolute Gasteiger partial charge is 0.321 e. The maximum absolute atomic E-state index is 12.2. The monoisotopic (exact) mass is 394 g/mol. The first-order valence-corrected chi connectivity index (χ1v) is 9.21. The molecule has 0 fully saturated rings. The quantitative estimate of drug-likeness (QED) is 0.626. The van der Waals surface area contributed by atoms with Crippen LogP contribution in [-0.2, 0) is 27.3 Å². The molecule has 2 N–H and O–H groups in total. The second-order valence-electron chi connectivity index (χ2n) is 6.73. The van der Waals surface area contributed by atoms with Gasteiger partial charge in [-0.25, -0.2) is 4.79 Å². The van der Waals surface area contributed by atoms with Crippen molar-refractivity contribution < 1.29 is 23.5 Å². The predicted molar refractivity (Wildman–Crippen MR) is 107 cm³/mol. The molecule has 3 rings (SSSR count). The van der Waals surface area contributed by atoms with Crippen LogP contribution in [0.15, 0.2) is 59.2 Å². The summed E-state index contributed by atoms with van der Waals surface area (Å²) in [5.41, 5.74) is 3.32. The highest BCUT2D eigenvalue weighted by Crippen LogP contribution is 2.23. The van der Waals surface area contributed by atoms with Gasteiger partial charge in [0.15, 0.2) is 6.10 Å². The zero-order chi connectivity index (χ0) is 20.8. The van der Waals surface area contributed by atoms with E-state index >= 15 is 0 Å². The van der Waals surface area contributed by atoms with Gasteiger partial charge in [-0.05, 0) is 31.0 Å². The van der Waals surface area contributed by atoms with Gasteiger partial charge >= 0.3 is 12.0 Å². The average molecular weight is 394 g/mol. The third-order valence-corrected chi connectivity index (χ3v) is 4.36. The number of hydrogen-bond donors (Lipinski definition) is 2. The largest absolute Gasteiger partial charge is 0.464 e. The van der Waals surface area contributed by atoms with Crippen LogP contribution in [-0.4, -0.2) is 24.0 Å². The number of carbonyl (C=O) groups is 3. The third-order valence-electron chi connectivity index (χ3n) is 4.36. The first-order valence-electron chi connectivity index (χ1n) is 9.21. The Morgan fingerprint density at radius 3 is 2.62 bits per heavy atom. The van der Waals surface area contributed by atoms with E-state index in [2.05, 4.69) is 10.6 Å². The fraction of sp³-hybridized carbons (Fsp3) is 0.227. The van der Waals surface area contributed by atoms with Crippen molar-refractivity contribution in [2.75, 3.05) is 0 Å². The number of furan rings is 1. The Bertz CT molecular complexity index is 1030. The summed E-state index contributed by atoms with van der Waals surface area (Å²) in [5.74, 6) is -1.28. The lowest BCUT2D eigenvalue weighted by Gasteiger charge is -2.13. The predicted octanol–water partition coefficient (Wildman–Crippen LogP) is 3.24. The first kappa shape index (κ1) is 20.1. The van der Waals surface area contributed by atoms with Gasteiger partial charge in [-0.2, -0.15) is 0 Å². The minimum atomic E-state index is -1.11. The summed E-state index contributed by atoms with van der Waals surface area (Å²) >= 11 is 0. The molecule has 7 nitrogen and oxygen atoms in total. The average Bonchev–Trinajstić information content (AvgIpc) is 3.08. The Balaban J connectivity index is 1.48. The fourth-order valence-electron chi connectivity index (χ4n) is 2.81. The van der Waals surface area contributed by atoms with E-state index in [1.54, 1.807) is 0 Å². The van der Waals surface area contributed by atoms with Gasteiger partial charge in [0.05, 0.1) is 12.7 Å². The molecule has 0 saturated carbocycles.